The maximum absolute atomic E-state index is 12.8. The van der Waals surface area contributed by atoms with E-state index in [-0.39, 0.29) is 17.2 Å². The van der Waals surface area contributed by atoms with Crippen molar-refractivity contribution in [1.82, 2.24) is 10.2 Å². The van der Waals surface area contributed by atoms with Gasteiger partial charge in [0.1, 0.15) is 5.75 Å². The summed E-state index contributed by atoms with van der Waals surface area (Å²) in [6, 6.07) is 5.72. The zero-order valence-electron chi connectivity index (χ0n) is 14.4. The molecule has 0 amide bonds. The molecule has 0 bridgehead atoms. The zero-order valence-corrected chi connectivity index (χ0v) is 14.4. The molecule has 2 rings (SSSR count). The SMILES string of the molecule is COc1ccc(C(=O)C(C)N2CCNCC2)cc1C(C)(C)C. The lowest BCUT2D eigenvalue weighted by atomic mass is 9.84. The number of benzene rings is 1. The van der Waals surface area contributed by atoms with Crippen LogP contribution in [0.1, 0.15) is 43.6 Å². The van der Waals surface area contributed by atoms with Crippen LogP contribution < -0.4 is 10.1 Å². The number of ketones is 1. The molecule has 0 aliphatic carbocycles. The smallest absolute Gasteiger partial charge is 0.179 e. The number of nitrogens with one attached hydrogen (secondary N) is 1. The molecule has 4 nitrogen and oxygen atoms in total. The summed E-state index contributed by atoms with van der Waals surface area (Å²) in [4.78, 5) is 15.1. The van der Waals surface area contributed by atoms with Gasteiger partial charge in [-0.15, -0.1) is 0 Å². The fraction of sp³-hybridized carbons (Fsp3) is 0.611. The van der Waals surface area contributed by atoms with Crippen LogP contribution >= 0.6 is 0 Å². The molecule has 1 fully saturated rings. The van der Waals surface area contributed by atoms with Gasteiger partial charge in [0.05, 0.1) is 13.2 Å². The van der Waals surface area contributed by atoms with Crippen LogP contribution in [0.25, 0.3) is 0 Å². The van der Waals surface area contributed by atoms with Gasteiger partial charge in [0.2, 0.25) is 0 Å². The van der Waals surface area contributed by atoms with Crippen molar-refractivity contribution in [1.29, 1.82) is 0 Å². The van der Waals surface area contributed by atoms with E-state index < -0.39 is 0 Å². The maximum atomic E-state index is 12.8. The van der Waals surface area contributed by atoms with Crippen molar-refractivity contribution in [2.45, 2.75) is 39.2 Å². The summed E-state index contributed by atoms with van der Waals surface area (Å²) < 4.78 is 5.45. The van der Waals surface area contributed by atoms with Crippen molar-refractivity contribution in [3.63, 3.8) is 0 Å². The van der Waals surface area contributed by atoms with Crippen LogP contribution in [0.3, 0.4) is 0 Å². The van der Waals surface area contributed by atoms with E-state index in [1.807, 2.05) is 25.1 Å². The number of hydrogen-bond acceptors (Lipinski definition) is 4. The highest BCUT2D eigenvalue weighted by molar-refractivity contribution is 6.00. The van der Waals surface area contributed by atoms with E-state index in [0.29, 0.717) is 0 Å². The quantitative estimate of drug-likeness (QED) is 0.868. The minimum atomic E-state index is -0.0803. The van der Waals surface area contributed by atoms with E-state index in [2.05, 4.69) is 31.0 Å². The lowest BCUT2D eigenvalue weighted by Crippen LogP contribution is -2.50. The third kappa shape index (κ3) is 3.68. The van der Waals surface area contributed by atoms with Crippen LogP contribution in [0.15, 0.2) is 18.2 Å². The van der Waals surface area contributed by atoms with Crippen molar-refractivity contribution in [3.05, 3.63) is 29.3 Å². The average molecular weight is 304 g/mol. The fourth-order valence-corrected chi connectivity index (χ4v) is 2.92. The Balaban J connectivity index is 2.26. The standard InChI is InChI=1S/C18H28N2O2/c1-13(20-10-8-19-9-11-20)17(21)14-6-7-16(22-5)15(12-14)18(2,3)4/h6-7,12-13,19H,8-11H2,1-5H3. The zero-order chi connectivity index (χ0) is 16.3. The first kappa shape index (κ1) is 17.0. The summed E-state index contributed by atoms with van der Waals surface area (Å²) >= 11 is 0. The highest BCUT2D eigenvalue weighted by Gasteiger charge is 2.26. The molecule has 1 aliphatic rings. The Morgan fingerprint density at radius 1 is 1.27 bits per heavy atom. The third-order valence-corrected chi connectivity index (χ3v) is 4.37. The summed E-state index contributed by atoms with van der Waals surface area (Å²) in [7, 11) is 1.68. The number of piperazine rings is 1. The molecule has 1 saturated heterocycles. The number of nitrogens with zero attached hydrogens (tertiary/aromatic N) is 1. The number of ether oxygens (including phenoxy) is 1. The van der Waals surface area contributed by atoms with Crippen molar-refractivity contribution < 1.29 is 9.53 Å². The summed E-state index contributed by atoms with van der Waals surface area (Å²) in [6.45, 7) is 12.2. The van der Waals surface area contributed by atoms with Gasteiger partial charge in [0.25, 0.3) is 0 Å². The van der Waals surface area contributed by atoms with Gasteiger partial charge in [0.15, 0.2) is 5.78 Å². The van der Waals surface area contributed by atoms with Gasteiger partial charge in [0, 0.05) is 37.3 Å². The van der Waals surface area contributed by atoms with E-state index in [1.54, 1.807) is 7.11 Å². The Morgan fingerprint density at radius 3 is 2.45 bits per heavy atom. The first-order valence-electron chi connectivity index (χ1n) is 8.02. The summed E-state index contributed by atoms with van der Waals surface area (Å²) in [6.07, 6.45) is 0. The van der Waals surface area contributed by atoms with E-state index in [0.717, 1.165) is 43.1 Å². The Bertz CT molecular complexity index is 528. The third-order valence-electron chi connectivity index (χ3n) is 4.37. The molecule has 122 valence electrons. The predicted octanol–water partition coefficient (Wildman–Crippen LogP) is 2.47. The molecule has 4 heteroatoms. The monoisotopic (exact) mass is 304 g/mol. The minimum Gasteiger partial charge on any atom is -0.496 e. The van der Waals surface area contributed by atoms with E-state index in [1.165, 1.54) is 0 Å². The molecule has 1 heterocycles. The number of carbonyl (C=O) groups excluding carboxylic acids is 1. The number of carbonyl (C=O) groups is 1. The first-order valence-corrected chi connectivity index (χ1v) is 8.02. The molecule has 1 aromatic rings. The molecule has 1 aliphatic heterocycles. The molecular formula is C18H28N2O2. The van der Waals surface area contributed by atoms with E-state index in [4.69, 9.17) is 4.74 Å². The predicted molar refractivity (Wildman–Crippen MR) is 89.9 cm³/mol. The van der Waals surface area contributed by atoms with Gasteiger partial charge in [-0.3, -0.25) is 9.69 Å². The molecule has 1 unspecified atom stereocenters. The molecule has 1 aromatic carbocycles. The second-order valence-corrected chi connectivity index (χ2v) is 6.99. The molecule has 1 N–H and O–H groups in total. The van der Waals surface area contributed by atoms with Crippen LogP contribution in [0.4, 0.5) is 0 Å². The molecule has 22 heavy (non-hydrogen) atoms. The topological polar surface area (TPSA) is 41.6 Å². The minimum absolute atomic E-state index is 0.0556. The van der Waals surface area contributed by atoms with Crippen molar-refractivity contribution in [3.8, 4) is 5.75 Å². The second-order valence-electron chi connectivity index (χ2n) is 6.99. The molecule has 0 aromatic heterocycles. The second kappa shape index (κ2) is 6.80. The van der Waals surface area contributed by atoms with Gasteiger partial charge in [-0.25, -0.2) is 0 Å². The number of hydrogen-bond donors (Lipinski definition) is 1. The number of Topliss-reactive ketones (excluding diaryl/α,β-unsaturated/α-hetero) is 1. The first-order chi connectivity index (χ1) is 10.3. The Labute approximate surface area is 133 Å². The van der Waals surface area contributed by atoms with Crippen molar-refractivity contribution >= 4 is 5.78 Å². The van der Waals surface area contributed by atoms with E-state index in [9.17, 15) is 4.79 Å². The van der Waals surface area contributed by atoms with E-state index >= 15 is 0 Å². The fourth-order valence-electron chi connectivity index (χ4n) is 2.92. The molecule has 0 saturated carbocycles. The van der Waals surface area contributed by atoms with Gasteiger partial charge < -0.3 is 10.1 Å². The number of methoxy groups -OCH3 is 1. The van der Waals surface area contributed by atoms with Crippen LogP contribution in [0, 0.1) is 0 Å². The summed E-state index contributed by atoms with van der Waals surface area (Å²) in [5, 5.41) is 3.32. The van der Waals surface area contributed by atoms with Crippen LogP contribution in [-0.4, -0.2) is 50.0 Å². The van der Waals surface area contributed by atoms with Crippen LogP contribution in [-0.2, 0) is 5.41 Å². The largest absolute Gasteiger partial charge is 0.496 e. The van der Waals surface area contributed by atoms with Gasteiger partial charge in [-0.1, -0.05) is 20.8 Å². The van der Waals surface area contributed by atoms with Crippen LogP contribution in [0.2, 0.25) is 0 Å². The highest BCUT2D eigenvalue weighted by Crippen LogP contribution is 2.32. The number of rotatable bonds is 4. The van der Waals surface area contributed by atoms with Crippen molar-refractivity contribution in [2.24, 2.45) is 0 Å². The Kier molecular flexibility index (Phi) is 5.24. The Morgan fingerprint density at radius 2 is 1.91 bits per heavy atom. The van der Waals surface area contributed by atoms with Gasteiger partial charge in [-0.2, -0.15) is 0 Å². The lowest BCUT2D eigenvalue weighted by Gasteiger charge is -2.32. The molecule has 1 atom stereocenters. The molecular weight excluding hydrogens is 276 g/mol. The maximum Gasteiger partial charge on any atom is 0.179 e. The normalized spacial score (nSPS) is 18.0. The average Bonchev–Trinajstić information content (AvgIpc) is 2.52. The van der Waals surface area contributed by atoms with Crippen LogP contribution in [0.5, 0.6) is 5.75 Å². The summed E-state index contributed by atoms with van der Waals surface area (Å²) in [5.74, 6) is 1.04. The molecule has 0 radical (unpaired) electrons. The lowest BCUT2D eigenvalue weighted by molar-refractivity contribution is 0.0820. The summed E-state index contributed by atoms with van der Waals surface area (Å²) in [5.41, 5.74) is 1.80. The van der Waals surface area contributed by atoms with Gasteiger partial charge in [-0.05, 0) is 30.5 Å². The Hall–Kier alpha value is -1.39. The molecule has 0 spiro atoms. The van der Waals surface area contributed by atoms with Crippen molar-refractivity contribution in [2.75, 3.05) is 33.3 Å². The highest BCUT2D eigenvalue weighted by atomic mass is 16.5. The van der Waals surface area contributed by atoms with Gasteiger partial charge >= 0.3 is 0 Å².